The summed E-state index contributed by atoms with van der Waals surface area (Å²) in [6.07, 6.45) is -6.57. The number of rotatable bonds is 0. The quantitative estimate of drug-likeness (QED) is 0.233. The monoisotopic (exact) mass is 946 g/mol. The van der Waals surface area contributed by atoms with Gasteiger partial charge >= 0.3 is 60.3 Å². The van der Waals surface area contributed by atoms with Gasteiger partial charge < -0.3 is 9.47 Å². The Hall–Kier alpha value is -7.38. The Bertz CT molecular complexity index is 2350. The predicted octanol–water partition coefficient (Wildman–Crippen LogP) is -3.21. The van der Waals surface area contributed by atoms with E-state index in [0.717, 1.165) is 0 Å². The maximum atomic E-state index is 15.1. The molecule has 0 N–H and O–H groups in total. The van der Waals surface area contributed by atoms with Crippen LogP contribution in [-0.2, 0) is 9.47 Å². The van der Waals surface area contributed by atoms with Gasteiger partial charge in [-0.3, -0.25) is 98.0 Å². The second-order valence-corrected chi connectivity index (χ2v) is 20.5. The molecule has 0 bridgehead atoms. The summed E-state index contributed by atoms with van der Waals surface area (Å²) in [5.41, 5.74) is -5.20. The summed E-state index contributed by atoms with van der Waals surface area (Å²) in [5.74, 6) is 0. The lowest BCUT2D eigenvalue weighted by molar-refractivity contribution is -0.162. The van der Waals surface area contributed by atoms with Crippen LogP contribution in [0.4, 0.5) is 47.9 Å². The molecule has 0 aliphatic carbocycles. The van der Waals surface area contributed by atoms with E-state index in [2.05, 4.69) is 0 Å². The third-order valence-corrected chi connectivity index (χ3v) is 18.7. The Morgan fingerprint density at radius 1 is 0.265 bits per heavy atom. The number of nitrogens with zero attached hydrogens (tertiary/aromatic N) is 20. The molecule has 32 nitrogen and oxygen atoms in total. The van der Waals surface area contributed by atoms with Crippen LogP contribution in [-0.4, -0.2) is 298 Å². The van der Waals surface area contributed by atoms with Crippen LogP contribution >= 0.6 is 0 Å². The number of ether oxygens (including phenoxy) is 2. The molecule has 0 aromatic carbocycles. The van der Waals surface area contributed by atoms with Crippen molar-refractivity contribution in [3.8, 4) is 0 Å². The highest BCUT2D eigenvalue weighted by Crippen LogP contribution is 2.57. The first-order valence-electron chi connectivity index (χ1n) is 22.4. The van der Waals surface area contributed by atoms with Crippen molar-refractivity contribution < 1.29 is 57.4 Å². The normalized spacial score (nSPS) is 42.1. The number of amides is 20. The van der Waals surface area contributed by atoms with Gasteiger partial charge in [0.05, 0.1) is 0 Å². The number of hydrogen-bond acceptors (Lipinski definition) is 12. The first-order valence-corrected chi connectivity index (χ1v) is 22.4. The van der Waals surface area contributed by atoms with Gasteiger partial charge in [0.25, 0.3) is 0 Å². The molecule has 0 radical (unpaired) electrons. The third kappa shape index (κ3) is 3.31. The fraction of sp³-hybridized carbons (Fsp3) is 0.722. The van der Waals surface area contributed by atoms with Gasteiger partial charge in [0.15, 0.2) is 59.6 Å². The minimum atomic E-state index is -1.37. The zero-order valence-electron chi connectivity index (χ0n) is 36.8. The average molecular weight is 947 g/mol. The van der Waals surface area contributed by atoms with E-state index in [-0.39, 0.29) is 53.6 Å². The number of hydrogen-bond donors (Lipinski definition) is 0. The topological polar surface area (TPSA) is 254 Å². The largest absolute Gasteiger partial charge is 0.340 e. The molecule has 68 heavy (non-hydrogen) atoms. The lowest BCUT2D eigenvalue weighted by atomic mass is 9.95. The van der Waals surface area contributed by atoms with Crippen LogP contribution in [0.2, 0.25) is 0 Å². The second-order valence-electron chi connectivity index (χ2n) is 20.5. The van der Waals surface area contributed by atoms with Crippen LogP contribution in [0.25, 0.3) is 0 Å². The molecule has 0 unspecified atom stereocenters. The van der Waals surface area contributed by atoms with Crippen molar-refractivity contribution in [2.45, 2.75) is 87.3 Å². The molecule has 358 valence electrons. The van der Waals surface area contributed by atoms with Crippen LogP contribution < -0.4 is 0 Å². The SMILES string of the molecule is CC12N3COCN1C(=O)N1CN4C(=O)N5CN6C(=O)N7CN8C(=O)N9CN%10C(=O)N%11COCN%12C(=O)N(CN%13C(=O)N(CN%14C(=O)N(CN%15C(=O)N(CN(C3=O)C12C)C4C%155)C6C%147)C8C%139)C%10(C)C%12%11C. The number of carbonyl (C=O) groups is 10. The Morgan fingerprint density at radius 3 is 0.618 bits per heavy atom. The van der Waals surface area contributed by atoms with Crippen LogP contribution in [0.5, 0.6) is 0 Å². The molecule has 16 saturated heterocycles. The molecule has 16 aliphatic rings. The van der Waals surface area contributed by atoms with Crippen molar-refractivity contribution in [3.05, 3.63) is 0 Å². The van der Waals surface area contributed by atoms with Gasteiger partial charge in [-0.25, -0.2) is 47.9 Å². The molecule has 0 aromatic heterocycles. The summed E-state index contributed by atoms with van der Waals surface area (Å²) < 4.78 is 11.3. The third-order valence-electron chi connectivity index (χ3n) is 18.7. The Labute approximate surface area is 382 Å². The molecule has 20 amide bonds. The molecule has 0 saturated carbocycles. The maximum Gasteiger partial charge on any atom is 0.327 e. The average Bonchev–Trinajstić information content (AvgIpc) is 4.12. The highest BCUT2D eigenvalue weighted by molar-refractivity contribution is 5.94. The fourth-order valence-corrected chi connectivity index (χ4v) is 14.9. The highest BCUT2D eigenvalue weighted by Gasteiger charge is 2.81. The van der Waals surface area contributed by atoms with E-state index in [9.17, 15) is 38.4 Å². The lowest BCUT2D eigenvalue weighted by Crippen LogP contribution is -2.70. The maximum absolute atomic E-state index is 15.1. The van der Waals surface area contributed by atoms with Gasteiger partial charge in [-0.05, 0) is 27.7 Å². The van der Waals surface area contributed by atoms with E-state index in [0.29, 0.717) is 0 Å². The highest BCUT2D eigenvalue weighted by atomic mass is 16.5. The molecule has 16 fully saturated rings. The van der Waals surface area contributed by atoms with Crippen LogP contribution in [0.3, 0.4) is 0 Å². The van der Waals surface area contributed by atoms with E-state index in [1.54, 1.807) is 27.7 Å². The summed E-state index contributed by atoms with van der Waals surface area (Å²) in [6, 6.07) is -5.60. The lowest BCUT2D eigenvalue weighted by Gasteiger charge is -2.49. The van der Waals surface area contributed by atoms with E-state index in [4.69, 9.17) is 9.47 Å². The van der Waals surface area contributed by atoms with Gasteiger partial charge in [-0.15, -0.1) is 0 Å². The zero-order valence-corrected chi connectivity index (χ0v) is 36.8. The van der Waals surface area contributed by atoms with Crippen molar-refractivity contribution in [2.75, 3.05) is 80.3 Å². The Kier molecular flexibility index (Phi) is 5.91. The minimum Gasteiger partial charge on any atom is -0.340 e. The molecule has 16 rings (SSSR count). The van der Waals surface area contributed by atoms with Gasteiger partial charge in [-0.1, -0.05) is 0 Å². The van der Waals surface area contributed by atoms with Crippen molar-refractivity contribution in [3.63, 3.8) is 0 Å². The molecule has 16 aliphatic heterocycles. The van der Waals surface area contributed by atoms with E-state index >= 15 is 9.59 Å². The molecule has 0 spiro atoms. The van der Waals surface area contributed by atoms with E-state index < -0.39 is 147 Å². The number of urea groups is 10. The van der Waals surface area contributed by atoms with Gasteiger partial charge in [0.1, 0.15) is 80.3 Å². The van der Waals surface area contributed by atoms with Crippen molar-refractivity contribution >= 4 is 60.3 Å². The van der Waals surface area contributed by atoms with Crippen LogP contribution in [0, 0.1) is 0 Å². The Morgan fingerprint density at radius 2 is 0.426 bits per heavy atom. The molecule has 32 heteroatoms. The minimum absolute atomic E-state index is 0.102. The molecule has 0 aromatic rings. The first-order chi connectivity index (χ1) is 32.4. The van der Waals surface area contributed by atoms with Crippen LogP contribution in [0.15, 0.2) is 0 Å². The molecule has 16 heterocycles. The zero-order chi connectivity index (χ0) is 46.7. The summed E-state index contributed by atoms with van der Waals surface area (Å²) >= 11 is 0. The summed E-state index contributed by atoms with van der Waals surface area (Å²) in [7, 11) is 0. The predicted molar refractivity (Wildman–Crippen MR) is 208 cm³/mol. The smallest absolute Gasteiger partial charge is 0.327 e. The molecular formula is C36H42N20O12. The molecular weight excluding hydrogens is 905 g/mol. The number of carbonyl (C=O) groups excluding carboxylic acids is 10. The van der Waals surface area contributed by atoms with Crippen molar-refractivity contribution in [1.82, 2.24) is 98.0 Å². The molecule has 0 atom stereocenters. The second kappa shape index (κ2) is 10.7. The fourth-order valence-electron chi connectivity index (χ4n) is 14.9. The standard InChI is InChI=1S/C36H42N20O12/c1-33-35(3)53-13-67-14-54(35)30(64)50(33)10-46-21-19-41(25(59)45(21)9-49(33)29(53)63)5-37-17-18-39(23(37)57)7-43-20-22-47(27(43)61)11-51-31(65)55-15-68-16-56-32(66)52(34(51,2)36(55,56)4)12-48(22)28(62)44(20)8-40(18)24(58)38(17)6-42(19)26(46)60/h17-22H,5-16H2,1-4H3. The van der Waals surface area contributed by atoms with Crippen molar-refractivity contribution in [1.29, 1.82) is 0 Å². The Balaban J connectivity index is 0.770. The summed E-state index contributed by atoms with van der Waals surface area (Å²) in [6.45, 7) is 3.57. The van der Waals surface area contributed by atoms with E-state index in [1.165, 1.54) is 98.0 Å². The van der Waals surface area contributed by atoms with Crippen LogP contribution in [0.1, 0.15) is 27.7 Å². The first kappa shape index (κ1) is 37.7. The summed E-state index contributed by atoms with van der Waals surface area (Å²) in [5, 5.41) is 0. The van der Waals surface area contributed by atoms with Crippen molar-refractivity contribution in [2.24, 2.45) is 0 Å². The summed E-state index contributed by atoms with van der Waals surface area (Å²) in [4.78, 5) is 175. The van der Waals surface area contributed by atoms with Gasteiger partial charge in [-0.2, -0.15) is 0 Å². The van der Waals surface area contributed by atoms with E-state index in [1.807, 2.05) is 0 Å². The van der Waals surface area contributed by atoms with Gasteiger partial charge in [0.2, 0.25) is 0 Å². The van der Waals surface area contributed by atoms with Gasteiger partial charge in [0, 0.05) is 0 Å².